The Bertz CT molecular complexity index is 1600. The van der Waals surface area contributed by atoms with Gasteiger partial charge in [0.2, 0.25) is 0 Å². The Labute approximate surface area is 201 Å². The molecule has 1 N–H and O–H groups in total. The summed E-state index contributed by atoms with van der Waals surface area (Å²) in [5.41, 5.74) is 3.12. The van der Waals surface area contributed by atoms with E-state index in [1.165, 1.54) is 4.57 Å². The van der Waals surface area contributed by atoms with Crippen molar-refractivity contribution in [3.8, 4) is 16.9 Å². The smallest absolute Gasteiger partial charge is 0.337 e. The van der Waals surface area contributed by atoms with E-state index < -0.39 is 5.97 Å². The Morgan fingerprint density at radius 3 is 2.20 bits per heavy atom. The molecule has 3 aromatic carbocycles. The number of rotatable bonds is 3. The largest absolute Gasteiger partial charge is 0.478 e. The van der Waals surface area contributed by atoms with Crippen molar-refractivity contribution in [3.63, 3.8) is 0 Å². The number of hydrogen-bond acceptors (Lipinski definition) is 5. The van der Waals surface area contributed by atoms with Gasteiger partial charge < -0.3 is 14.9 Å². The zero-order chi connectivity index (χ0) is 24.3. The number of pyridine rings is 1. The predicted molar refractivity (Wildman–Crippen MR) is 135 cm³/mol. The highest BCUT2D eigenvalue weighted by Gasteiger charge is 2.33. The predicted octanol–water partition coefficient (Wildman–Crippen LogP) is 3.65. The minimum Gasteiger partial charge on any atom is -0.478 e. The first-order chi connectivity index (χ1) is 17.0. The van der Waals surface area contributed by atoms with Gasteiger partial charge in [-0.3, -0.25) is 14.2 Å². The third kappa shape index (κ3) is 3.19. The minimum atomic E-state index is -1.05. The van der Waals surface area contributed by atoms with Gasteiger partial charge in [-0.2, -0.15) is 0 Å². The minimum absolute atomic E-state index is 0.131. The van der Waals surface area contributed by atoms with Gasteiger partial charge >= 0.3 is 5.97 Å². The number of carbonyl (C=O) groups excluding carboxylic acids is 1. The van der Waals surface area contributed by atoms with E-state index in [1.54, 1.807) is 48.5 Å². The van der Waals surface area contributed by atoms with Crippen molar-refractivity contribution in [1.82, 2.24) is 9.47 Å². The quantitative estimate of drug-likeness (QED) is 0.438. The van der Waals surface area contributed by atoms with Crippen molar-refractivity contribution in [2.45, 2.75) is 0 Å². The van der Waals surface area contributed by atoms with E-state index in [2.05, 4.69) is 9.80 Å². The molecular weight excluding hydrogens is 442 g/mol. The van der Waals surface area contributed by atoms with Crippen LogP contribution >= 0.6 is 0 Å². The van der Waals surface area contributed by atoms with Gasteiger partial charge in [0.15, 0.2) is 5.78 Å². The van der Waals surface area contributed by atoms with Crippen LogP contribution in [0.2, 0.25) is 0 Å². The third-order valence-corrected chi connectivity index (χ3v) is 7.06. The number of carboxylic acid groups (broad SMARTS) is 1. The molecule has 0 bridgehead atoms. The second-order valence-corrected chi connectivity index (χ2v) is 9.08. The van der Waals surface area contributed by atoms with E-state index >= 15 is 0 Å². The maximum absolute atomic E-state index is 13.8. The summed E-state index contributed by atoms with van der Waals surface area (Å²) in [5.74, 6) is -1.18. The Morgan fingerprint density at radius 1 is 0.829 bits per heavy atom. The molecule has 0 amide bonds. The van der Waals surface area contributed by atoms with Gasteiger partial charge in [0.05, 0.1) is 28.2 Å². The van der Waals surface area contributed by atoms with Gasteiger partial charge in [-0.05, 0) is 31.3 Å². The molecule has 6 rings (SSSR count). The van der Waals surface area contributed by atoms with Gasteiger partial charge in [-0.1, -0.05) is 42.5 Å². The Morgan fingerprint density at radius 2 is 1.49 bits per heavy atom. The van der Waals surface area contributed by atoms with Crippen LogP contribution in [0.5, 0.6) is 0 Å². The molecule has 35 heavy (non-hydrogen) atoms. The van der Waals surface area contributed by atoms with Crippen LogP contribution in [0.1, 0.15) is 26.3 Å². The van der Waals surface area contributed by atoms with Crippen LogP contribution in [-0.2, 0) is 0 Å². The number of benzene rings is 3. The maximum atomic E-state index is 13.8. The van der Waals surface area contributed by atoms with E-state index in [0.29, 0.717) is 44.5 Å². The fraction of sp³-hybridized carbons (Fsp3) is 0.179. The van der Waals surface area contributed by atoms with E-state index in [1.807, 2.05) is 25.2 Å². The normalized spacial score (nSPS) is 15.3. The lowest BCUT2D eigenvalue weighted by Crippen LogP contribution is -2.45. The van der Waals surface area contributed by atoms with Crippen molar-refractivity contribution in [3.05, 3.63) is 93.8 Å². The molecule has 0 radical (unpaired) electrons. The highest BCUT2D eigenvalue weighted by atomic mass is 16.4. The Balaban J connectivity index is 1.63. The van der Waals surface area contributed by atoms with Crippen molar-refractivity contribution < 1.29 is 14.7 Å². The molecular formula is C28H23N3O4. The van der Waals surface area contributed by atoms with Gasteiger partial charge in [-0.25, -0.2) is 4.79 Å². The highest BCUT2D eigenvalue weighted by Crippen LogP contribution is 2.40. The number of piperazine rings is 1. The average molecular weight is 466 g/mol. The monoisotopic (exact) mass is 465 g/mol. The molecule has 2 aliphatic rings. The van der Waals surface area contributed by atoms with Crippen LogP contribution in [0.15, 0.2) is 71.5 Å². The van der Waals surface area contributed by atoms with Gasteiger partial charge in [0.1, 0.15) is 0 Å². The molecule has 1 aliphatic heterocycles. The molecule has 174 valence electrons. The SMILES string of the molecule is CN1CCN(c2ccc(-n3c4c(c5ccccc5c3=O)C(=O)c3ccccc3-4)cc2C(=O)O)CC1. The first-order valence-corrected chi connectivity index (χ1v) is 11.6. The first kappa shape index (κ1) is 21.3. The highest BCUT2D eigenvalue weighted by molar-refractivity contribution is 6.26. The molecule has 7 nitrogen and oxygen atoms in total. The lowest BCUT2D eigenvalue weighted by Gasteiger charge is -2.34. The lowest BCUT2D eigenvalue weighted by atomic mass is 10.0. The van der Waals surface area contributed by atoms with E-state index in [0.717, 1.165) is 26.2 Å². The summed E-state index contributed by atoms with van der Waals surface area (Å²) in [7, 11) is 2.05. The van der Waals surface area contributed by atoms with Crippen LogP contribution in [0, 0.1) is 0 Å². The number of likely N-dealkylation sites (N-methyl/N-ethyl adjacent to an activating group) is 1. The number of fused-ring (bicyclic) bond motifs is 5. The molecule has 1 aliphatic carbocycles. The second kappa shape index (κ2) is 7.92. The summed E-state index contributed by atoms with van der Waals surface area (Å²) in [5, 5.41) is 11.1. The Hall–Kier alpha value is -4.23. The van der Waals surface area contributed by atoms with E-state index in [-0.39, 0.29) is 16.9 Å². The van der Waals surface area contributed by atoms with E-state index in [9.17, 15) is 19.5 Å². The van der Waals surface area contributed by atoms with Gasteiger partial charge in [-0.15, -0.1) is 0 Å². The molecule has 0 atom stereocenters. The number of aromatic nitrogens is 1. The summed E-state index contributed by atoms with van der Waals surface area (Å²) < 4.78 is 1.50. The van der Waals surface area contributed by atoms with Crippen molar-refractivity contribution >= 4 is 28.2 Å². The summed E-state index contributed by atoms with van der Waals surface area (Å²) in [6, 6.07) is 19.4. The summed E-state index contributed by atoms with van der Waals surface area (Å²) in [6.45, 7) is 3.14. The summed E-state index contributed by atoms with van der Waals surface area (Å²) in [4.78, 5) is 43.8. The summed E-state index contributed by atoms with van der Waals surface area (Å²) >= 11 is 0. The topological polar surface area (TPSA) is 82.8 Å². The van der Waals surface area contributed by atoms with Crippen LogP contribution in [0.25, 0.3) is 27.7 Å². The second-order valence-electron chi connectivity index (χ2n) is 9.08. The molecule has 0 saturated carbocycles. The van der Waals surface area contributed by atoms with Gasteiger partial charge in [0.25, 0.3) is 5.56 Å². The third-order valence-electron chi connectivity index (χ3n) is 7.06. The number of anilines is 1. The fourth-order valence-corrected chi connectivity index (χ4v) is 5.26. The van der Waals surface area contributed by atoms with Crippen LogP contribution in [0.3, 0.4) is 0 Å². The molecule has 0 spiro atoms. The van der Waals surface area contributed by atoms with E-state index in [4.69, 9.17) is 0 Å². The lowest BCUT2D eigenvalue weighted by molar-refractivity contribution is 0.0697. The maximum Gasteiger partial charge on any atom is 0.337 e. The van der Waals surface area contributed by atoms with Crippen LogP contribution < -0.4 is 10.5 Å². The molecule has 1 fully saturated rings. The first-order valence-electron chi connectivity index (χ1n) is 11.6. The number of nitrogens with zero attached hydrogens (tertiary/aromatic N) is 3. The molecule has 0 unspecified atom stereocenters. The Kier molecular flexibility index (Phi) is 4.82. The number of hydrogen-bond donors (Lipinski definition) is 1. The number of aromatic carboxylic acids is 1. The zero-order valence-electron chi connectivity index (χ0n) is 19.2. The van der Waals surface area contributed by atoms with Crippen LogP contribution in [-0.4, -0.2) is 59.6 Å². The molecule has 7 heteroatoms. The van der Waals surface area contributed by atoms with Crippen molar-refractivity contribution in [1.29, 1.82) is 0 Å². The zero-order valence-corrected chi connectivity index (χ0v) is 19.2. The number of carbonyl (C=O) groups is 2. The average Bonchev–Trinajstić information content (AvgIpc) is 3.17. The molecule has 4 aromatic rings. The van der Waals surface area contributed by atoms with Crippen molar-refractivity contribution in [2.24, 2.45) is 0 Å². The van der Waals surface area contributed by atoms with Crippen LogP contribution in [0.4, 0.5) is 5.69 Å². The molecule has 2 heterocycles. The number of carboxylic acids is 1. The van der Waals surface area contributed by atoms with Crippen molar-refractivity contribution in [2.75, 3.05) is 38.1 Å². The standard InChI is InChI=1S/C28H23N3O4/c1-29-12-14-30(15-13-29)23-11-10-17(16-22(23)28(34)35)31-25-19-7-3-4-8-20(19)26(32)24(25)18-6-2-5-9-21(18)27(31)33/h2-11,16H,12-15H2,1H3,(H,34,35). The molecule has 1 saturated heterocycles. The fourth-order valence-electron chi connectivity index (χ4n) is 5.26. The number of ketones is 1. The van der Waals surface area contributed by atoms with Gasteiger partial charge in [0, 0.05) is 48.1 Å². The summed E-state index contributed by atoms with van der Waals surface area (Å²) in [6.07, 6.45) is 0. The molecule has 1 aromatic heterocycles.